The van der Waals surface area contributed by atoms with Gasteiger partial charge in [-0.15, -0.1) is 0 Å². The number of piperidine rings is 1. The number of hydrogen-bond donors (Lipinski definition) is 0. The first-order valence-corrected chi connectivity index (χ1v) is 12.5. The number of nitro groups is 1. The fourth-order valence-corrected chi connectivity index (χ4v) is 5.76. The van der Waals surface area contributed by atoms with Crippen LogP contribution in [0.1, 0.15) is 31.2 Å². The average molecular weight is 496 g/mol. The lowest BCUT2D eigenvalue weighted by Gasteiger charge is -2.34. The Bertz CT molecular complexity index is 1160. The third-order valence-electron chi connectivity index (χ3n) is 6.09. The Morgan fingerprint density at radius 2 is 1.76 bits per heavy atom. The summed E-state index contributed by atoms with van der Waals surface area (Å²) in [6.45, 7) is 0.686. The van der Waals surface area contributed by atoms with Gasteiger partial charge in [0.1, 0.15) is 10.8 Å². The minimum atomic E-state index is -3.95. The van der Waals surface area contributed by atoms with Crippen LogP contribution in [0.4, 0.5) is 10.1 Å². The summed E-state index contributed by atoms with van der Waals surface area (Å²) in [6.07, 6.45) is 2.58. The first kappa shape index (κ1) is 23.6. The summed E-state index contributed by atoms with van der Waals surface area (Å²) in [5.41, 5.74) is 0.379. The Kier molecular flexibility index (Phi) is 6.69. The molecule has 2 aromatic rings. The van der Waals surface area contributed by atoms with Gasteiger partial charge in [-0.05, 0) is 55.5 Å². The van der Waals surface area contributed by atoms with Crippen LogP contribution in [-0.2, 0) is 21.4 Å². The zero-order chi connectivity index (χ0) is 23.8. The number of halogens is 2. The molecule has 0 radical (unpaired) electrons. The van der Waals surface area contributed by atoms with Crippen molar-refractivity contribution in [3.63, 3.8) is 0 Å². The summed E-state index contributed by atoms with van der Waals surface area (Å²) < 4.78 is 40.5. The van der Waals surface area contributed by atoms with E-state index in [9.17, 15) is 27.7 Å². The lowest BCUT2D eigenvalue weighted by molar-refractivity contribution is -0.384. The summed E-state index contributed by atoms with van der Waals surface area (Å²) in [7, 11) is -3.95. The minimum absolute atomic E-state index is 0.0130. The van der Waals surface area contributed by atoms with Gasteiger partial charge in [0.05, 0.1) is 9.82 Å². The molecule has 1 amide bonds. The predicted octanol–water partition coefficient (Wildman–Crippen LogP) is 3.98. The van der Waals surface area contributed by atoms with Gasteiger partial charge in [0.2, 0.25) is 15.9 Å². The van der Waals surface area contributed by atoms with Crippen LogP contribution < -0.4 is 0 Å². The van der Waals surface area contributed by atoms with Gasteiger partial charge >= 0.3 is 0 Å². The molecule has 8 nitrogen and oxygen atoms in total. The number of benzene rings is 2. The highest BCUT2D eigenvalue weighted by Crippen LogP contribution is 2.34. The topological polar surface area (TPSA) is 101 Å². The van der Waals surface area contributed by atoms with E-state index in [-0.39, 0.29) is 46.7 Å². The number of hydrogen-bond acceptors (Lipinski definition) is 5. The van der Waals surface area contributed by atoms with Crippen molar-refractivity contribution in [1.82, 2.24) is 9.21 Å². The molecule has 2 aromatic carbocycles. The maximum Gasteiger partial charge on any atom is 0.289 e. The highest BCUT2D eigenvalue weighted by molar-refractivity contribution is 7.89. The molecule has 33 heavy (non-hydrogen) atoms. The molecule has 0 spiro atoms. The van der Waals surface area contributed by atoms with Crippen LogP contribution in [0.2, 0.25) is 5.02 Å². The molecule has 1 heterocycles. The van der Waals surface area contributed by atoms with Crippen molar-refractivity contribution in [3.8, 4) is 0 Å². The molecule has 11 heteroatoms. The first-order chi connectivity index (χ1) is 15.7. The number of carbonyl (C=O) groups is 1. The Balaban J connectivity index is 1.43. The monoisotopic (exact) mass is 495 g/mol. The standard InChI is InChI=1S/C22H23ClFN3O5S/c23-20-8-7-19(13-21(20)27(29)30)33(31,32)25-11-9-16(10-12-25)22(28)26(18-5-6-18)14-15-1-3-17(24)4-2-15/h1-4,7-8,13,16,18H,5-6,9-12,14H2. The maximum absolute atomic E-state index is 13.2. The summed E-state index contributed by atoms with van der Waals surface area (Å²) >= 11 is 5.80. The Labute approximate surface area is 196 Å². The van der Waals surface area contributed by atoms with E-state index in [2.05, 4.69) is 0 Å². The summed E-state index contributed by atoms with van der Waals surface area (Å²) in [5, 5.41) is 11.0. The second kappa shape index (κ2) is 9.36. The third kappa shape index (κ3) is 5.18. The highest BCUT2D eigenvalue weighted by atomic mass is 35.5. The first-order valence-electron chi connectivity index (χ1n) is 10.7. The average Bonchev–Trinajstić information content (AvgIpc) is 3.63. The number of rotatable bonds is 7. The van der Waals surface area contributed by atoms with Crippen LogP contribution in [0.15, 0.2) is 47.4 Å². The van der Waals surface area contributed by atoms with Crippen molar-refractivity contribution in [2.45, 2.75) is 43.2 Å². The van der Waals surface area contributed by atoms with Crippen molar-refractivity contribution in [1.29, 1.82) is 0 Å². The van der Waals surface area contributed by atoms with Gasteiger partial charge in [0.15, 0.2) is 0 Å². The lowest BCUT2D eigenvalue weighted by atomic mass is 9.96. The molecule has 1 aliphatic carbocycles. The van der Waals surface area contributed by atoms with Gasteiger partial charge in [0.25, 0.3) is 5.69 Å². The molecule has 0 aromatic heterocycles. The van der Waals surface area contributed by atoms with E-state index >= 15 is 0 Å². The quantitative estimate of drug-likeness (QED) is 0.427. The van der Waals surface area contributed by atoms with Crippen LogP contribution in [0.25, 0.3) is 0 Å². The summed E-state index contributed by atoms with van der Waals surface area (Å²) in [4.78, 5) is 25.3. The van der Waals surface area contributed by atoms with Crippen molar-refractivity contribution >= 4 is 33.2 Å². The molecule has 2 fully saturated rings. The van der Waals surface area contributed by atoms with E-state index in [1.165, 1.54) is 28.6 Å². The normalized spacial score (nSPS) is 17.6. The molecule has 1 saturated carbocycles. The molecular weight excluding hydrogens is 473 g/mol. The minimum Gasteiger partial charge on any atom is -0.335 e. The largest absolute Gasteiger partial charge is 0.335 e. The molecule has 0 bridgehead atoms. The summed E-state index contributed by atoms with van der Waals surface area (Å²) in [6, 6.07) is 9.65. The van der Waals surface area contributed by atoms with Crippen molar-refractivity contribution in [2.24, 2.45) is 5.92 Å². The van der Waals surface area contributed by atoms with Crippen LogP contribution >= 0.6 is 11.6 Å². The van der Waals surface area contributed by atoms with E-state index in [0.717, 1.165) is 24.5 Å². The Hall–Kier alpha value is -2.56. The number of sulfonamides is 1. The second-order valence-electron chi connectivity index (χ2n) is 8.37. The smallest absolute Gasteiger partial charge is 0.289 e. The third-order valence-corrected chi connectivity index (χ3v) is 8.31. The fraction of sp³-hybridized carbons (Fsp3) is 0.409. The Morgan fingerprint density at radius 1 is 1.12 bits per heavy atom. The molecule has 1 aliphatic heterocycles. The molecule has 0 atom stereocenters. The van der Waals surface area contributed by atoms with Crippen molar-refractivity contribution in [2.75, 3.05) is 13.1 Å². The van der Waals surface area contributed by atoms with E-state index in [1.807, 2.05) is 4.90 Å². The number of nitrogens with zero attached hydrogens (tertiary/aromatic N) is 3. The van der Waals surface area contributed by atoms with E-state index in [1.54, 1.807) is 12.1 Å². The van der Waals surface area contributed by atoms with Gasteiger partial charge in [-0.2, -0.15) is 4.31 Å². The zero-order valence-corrected chi connectivity index (χ0v) is 19.3. The van der Waals surface area contributed by atoms with Gasteiger partial charge in [0, 0.05) is 37.7 Å². The number of amides is 1. The van der Waals surface area contributed by atoms with Gasteiger partial charge in [-0.1, -0.05) is 23.7 Å². The predicted molar refractivity (Wildman–Crippen MR) is 120 cm³/mol. The lowest BCUT2D eigenvalue weighted by Crippen LogP contribution is -2.44. The zero-order valence-electron chi connectivity index (χ0n) is 17.7. The van der Waals surface area contributed by atoms with Crippen LogP contribution in [0, 0.1) is 21.8 Å². The molecule has 0 N–H and O–H groups in total. The summed E-state index contributed by atoms with van der Waals surface area (Å²) in [5.74, 6) is -0.652. The molecule has 0 unspecified atom stereocenters. The fourth-order valence-electron chi connectivity index (χ4n) is 4.08. The van der Waals surface area contributed by atoms with Gasteiger partial charge in [-0.3, -0.25) is 14.9 Å². The van der Waals surface area contributed by atoms with E-state index in [0.29, 0.717) is 19.4 Å². The second-order valence-corrected chi connectivity index (χ2v) is 10.7. The van der Waals surface area contributed by atoms with Crippen LogP contribution in [-0.4, -0.2) is 47.6 Å². The molecule has 2 aliphatic rings. The maximum atomic E-state index is 13.2. The molecular formula is C22H23ClFN3O5S. The van der Waals surface area contributed by atoms with Crippen LogP contribution in [0.3, 0.4) is 0 Å². The van der Waals surface area contributed by atoms with E-state index < -0.39 is 20.6 Å². The SMILES string of the molecule is O=C(C1CCN(S(=O)(=O)c2ccc(Cl)c([N+](=O)[O-])c2)CC1)N(Cc1ccc(F)cc1)C1CC1. The van der Waals surface area contributed by atoms with Crippen LogP contribution in [0.5, 0.6) is 0 Å². The van der Waals surface area contributed by atoms with Crippen molar-refractivity contribution in [3.05, 3.63) is 69.0 Å². The molecule has 176 valence electrons. The highest BCUT2D eigenvalue weighted by Gasteiger charge is 2.39. The molecule has 1 saturated heterocycles. The van der Waals surface area contributed by atoms with Crippen molar-refractivity contribution < 1.29 is 22.5 Å². The van der Waals surface area contributed by atoms with Gasteiger partial charge < -0.3 is 4.90 Å². The Morgan fingerprint density at radius 3 is 2.33 bits per heavy atom. The number of carbonyl (C=O) groups excluding carboxylic acids is 1. The van der Waals surface area contributed by atoms with E-state index in [4.69, 9.17) is 11.6 Å². The number of nitro benzene ring substituents is 1. The molecule has 4 rings (SSSR count). The van der Waals surface area contributed by atoms with Gasteiger partial charge in [-0.25, -0.2) is 12.8 Å².